The maximum Gasteiger partial charge on any atom is 0.330 e. The molecule has 0 aromatic carbocycles. The van der Waals surface area contributed by atoms with Crippen LogP contribution in [0.3, 0.4) is 0 Å². The number of hydrogen-bond donors (Lipinski definition) is 3. The third kappa shape index (κ3) is 1.75. The molecule has 0 bridgehead atoms. The molecule has 2 aromatic rings. The van der Waals surface area contributed by atoms with E-state index in [4.69, 9.17) is 5.73 Å². The van der Waals surface area contributed by atoms with Gasteiger partial charge in [-0.1, -0.05) is 0 Å². The fourth-order valence-corrected chi connectivity index (χ4v) is 1.20. The molecule has 2 aromatic heterocycles. The van der Waals surface area contributed by atoms with Gasteiger partial charge in [0.2, 0.25) is 0 Å². The van der Waals surface area contributed by atoms with E-state index in [1.807, 2.05) is 5.43 Å². The second-order valence-electron chi connectivity index (χ2n) is 2.91. The molecule has 2 heterocycles. The van der Waals surface area contributed by atoms with Crippen LogP contribution in [0.4, 0.5) is 4.79 Å². The van der Waals surface area contributed by atoms with Crippen LogP contribution in [0, 0.1) is 0 Å². The average Bonchev–Trinajstić information content (AvgIpc) is 2.69. The number of hydrazine groups is 1. The van der Waals surface area contributed by atoms with Crippen LogP contribution < -0.4 is 16.6 Å². The number of carbonyl (C=O) groups excluding carboxylic acids is 2. The van der Waals surface area contributed by atoms with Gasteiger partial charge in [0.05, 0.1) is 23.5 Å². The third-order valence-electron chi connectivity index (χ3n) is 1.87. The maximum atomic E-state index is 11.6. The highest BCUT2D eigenvalue weighted by Gasteiger charge is 2.12. The summed E-state index contributed by atoms with van der Waals surface area (Å²) in [4.78, 5) is 25.8. The quantitative estimate of drug-likeness (QED) is 0.537. The highest BCUT2D eigenvalue weighted by atomic mass is 16.2. The van der Waals surface area contributed by atoms with Crippen molar-refractivity contribution in [1.29, 1.82) is 0 Å². The molecular weight excluding hydrogens is 212 g/mol. The van der Waals surface area contributed by atoms with Crippen LogP contribution in [-0.4, -0.2) is 26.5 Å². The van der Waals surface area contributed by atoms with E-state index in [1.165, 1.54) is 16.9 Å². The summed E-state index contributed by atoms with van der Waals surface area (Å²) < 4.78 is 1.49. The van der Waals surface area contributed by atoms with Crippen LogP contribution in [0.15, 0.2) is 24.8 Å². The molecule has 4 N–H and O–H groups in total. The molecule has 2 rings (SSSR count). The van der Waals surface area contributed by atoms with Crippen molar-refractivity contribution in [2.75, 3.05) is 0 Å². The molecule has 0 unspecified atom stereocenters. The van der Waals surface area contributed by atoms with E-state index in [2.05, 4.69) is 15.5 Å². The zero-order valence-corrected chi connectivity index (χ0v) is 8.04. The van der Waals surface area contributed by atoms with Gasteiger partial charge in [0, 0.05) is 12.4 Å². The maximum absolute atomic E-state index is 11.6. The summed E-state index contributed by atoms with van der Waals surface area (Å²) in [5.41, 5.74) is 9.75. The van der Waals surface area contributed by atoms with Gasteiger partial charge in [0.1, 0.15) is 0 Å². The number of nitrogens with zero attached hydrogens (tertiary/aromatic N) is 3. The van der Waals surface area contributed by atoms with Crippen LogP contribution in [0.25, 0.3) is 5.52 Å². The van der Waals surface area contributed by atoms with Gasteiger partial charge >= 0.3 is 6.03 Å². The monoisotopic (exact) mass is 220 g/mol. The highest BCUT2D eigenvalue weighted by molar-refractivity contribution is 6.00. The van der Waals surface area contributed by atoms with Gasteiger partial charge in [-0.3, -0.25) is 15.2 Å². The van der Waals surface area contributed by atoms with Gasteiger partial charge in [-0.25, -0.2) is 14.7 Å². The van der Waals surface area contributed by atoms with E-state index in [1.54, 1.807) is 12.4 Å². The fourth-order valence-electron chi connectivity index (χ4n) is 1.20. The molecule has 0 fully saturated rings. The highest BCUT2D eigenvalue weighted by Crippen LogP contribution is 2.07. The first-order valence-corrected chi connectivity index (χ1v) is 4.31. The molecule has 82 valence electrons. The van der Waals surface area contributed by atoms with Crippen molar-refractivity contribution in [3.8, 4) is 0 Å². The van der Waals surface area contributed by atoms with Crippen LogP contribution >= 0.6 is 0 Å². The molecular formula is C8H8N6O2. The molecule has 0 aliphatic carbocycles. The van der Waals surface area contributed by atoms with Crippen molar-refractivity contribution >= 4 is 17.5 Å². The van der Waals surface area contributed by atoms with E-state index < -0.39 is 11.9 Å². The predicted molar refractivity (Wildman–Crippen MR) is 53.2 cm³/mol. The minimum atomic E-state index is -0.844. The number of urea groups is 1. The summed E-state index contributed by atoms with van der Waals surface area (Å²) in [7, 11) is 0. The predicted octanol–water partition coefficient (Wildman–Crippen LogP) is -0.958. The normalized spacial score (nSPS) is 10.0. The van der Waals surface area contributed by atoms with Gasteiger partial charge in [0.15, 0.2) is 0 Å². The third-order valence-corrected chi connectivity index (χ3v) is 1.87. The van der Waals surface area contributed by atoms with Gasteiger partial charge in [-0.2, -0.15) is 5.10 Å². The molecule has 8 heteroatoms. The zero-order chi connectivity index (χ0) is 11.5. The number of amides is 3. The lowest BCUT2D eigenvalue weighted by atomic mass is 10.3. The van der Waals surface area contributed by atoms with Crippen LogP contribution in [0.2, 0.25) is 0 Å². The van der Waals surface area contributed by atoms with Gasteiger partial charge < -0.3 is 5.73 Å². The standard InChI is InChI=1S/C8H8N6O2/c9-8(16)13-12-7(15)5-3-11-14-2-1-10-4-6(5)14/h1-4H,(H,12,15)(H3,9,13,16). The number of fused-ring (bicyclic) bond motifs is 1. The summed E-state index contributed by atoms with van der Waals surface area (Å²) in [5, 5.41) is 3.94. The zero-order valence-electron chi connectivity index (χ0n) is 8.04. The smallest absolute Gasteiger partial charge is 0.330 e. The van der Waals surface area contributed by atoms with E-state index >= 15 is 0 Å². The molecule has 0 saturated heterocycles. The second kappa shape index (κ2) is 3.85. The molecule has 0 spiro atoms. The number of primary amides is 1. The Hall–Kier alpha value is -2.64. The number of nitrogens with one attached hydrogen (secondary N) is 2. The molecule has 0 radical (unpaired) electrons. The Bertz CT molecular complexity index is 548. The van der Waals surface area contributed by atoms with Crippen LogP contribution in [0.5, 0.6) is 0 Å². The molecule has 0 aliphatic heterocycles. The molecule has 0 saturated carbocycles. The van der Waals surface area contributed by atoms with Crippen LogP contribution in [0.1, 0.15) is 10.4 Å². The van der Waals surface area contributed by atoms with E-state index in [9.17, 15) is 9.59 Å². The number of carbonyl (C=O) groups is 2. The number of nitrogens with two attached hydrogens (primary N) is 1. The Morgan fingerprint density at radius 1 is 1.31 bits per heavy atom. The Kier molecular flexibility index (Phi) is 2.38. The Balaban J connectivity index is 2.26. The SMILES string of the molecule is NC(=O)NNC(=O)c1cnn2ccncc12. The number of rotatable bonds is 1. The molecule has 8 nitrogen and oxygen atoms in total. The Morgan fingerprint density at radius 3 is 2.88 bits per heavy atom. The van der Waals surface area contributed by atoms with Gasteiger partial charge in [-0.05, 0) is 0 Å². The van der Waals surface area contributed by atoms with Crippen LogP contribution in [-0.2, 0) is 0 Å². The van der Waals surface area contributed by atoms with Gasteiger partial charge in [-0.15, -0.1) is 0 Å². The second-order valence-corrected chi connectivity index (χ2v) is 2.91. The first-order valence-electron chi connectivity index (χ1n) is 4.31. The lowest BCUT2D eigenvalue weighted by molar-refractivity contribution is 0.0939. The summed E-state index contributed by atoms with van der Waals surface area (Å²) >= 11 is 0. The lowest BCUT2D eigenvalue weighted by Gasteiger charge is -2.02. The Labute approximate surface area is 89.4 Å². The lowest BCUT2D eigenvalue weighted by Crippen LogP contribution is -2.44. The van der Waals surface area contributed by atoms with Crippen molar-refractivity contribution < 1.29 is 9.59 Å². The van der Waals surface area contributed by atoms with E-state index in [-0.39, 0.29) is 0 Å². The number of aromatic nitrogens is 3. The van der Waals surface area contributed by atoms with Crippen molar-refractivity contribution in [2.45, 2.75) is 0 Å². The Morgan fingerprint density at radius 2 is 2.12 bits per heavy atom. The largest absolute Gasteiger partial charge is 0.350 e. The van der Waals surface area contributed by atoms with E-state index in [0.717, 1.165) is 0 Å². The van der Waals surface area contributed by atoms with Crippen molar-refractivity contribution in [1.82, 2.24) is 25.4 Å². The molecule has 3 amide bonds. The summed E-state index contributed by atoms with van der Waals surface area (Å²) in [6.45, 7) is 0. The molecule has 16 heavy (non-hydrogen) atoms. The molecule has 0 atom stereocenters. The topological polar surface area (TPSA) is 114 Å². The average molecular weight is 220 g/mol. The number of hydrogen-bond acceptors (Lipinski definition) is 4. The minimum Gasteiger partial charge on any atom is -0.350 e. The fraction of sp³-hybridized carbons (Fsp3) is 0. The summed E-state index contributed by atoms with van der Waals surface area (Å²) in [6, 6.07) is -0.844. The summed E-state index contributed by atoms with van der Waals surface area (Å²) in [5.74, 6) is -0.512. The van der Waals surface area contributed by atoms with E-state index in [0.29, 0.717) is 11.1 Å². The summed E-state index contributed by atoms with van der Waals surface area (Å²) in [6.07, 6.45) is 6.01. The minimum absolute atomic E-state index is 0.293. The van der Waals surface area contributed by atoms with Gasteiger partial charge in [0.25, 0.3) is 5.91 Å². The van der Waals surface area contributed by atoms with Crippen molar-refractivity contribution in [3.63, 3.8) is 0 Å². The first-order chi connectivity index (χ1) is 7.68. The molecule has 0 aliphatic rings. The first kappa shape index (κ1) is 9.90. The van der Waals surface area contributed by atoms with Crippen molar-refractivity contribution in [2.24, 2.45) is 5.73 Å². The van der Waals surface area contributed by atoms with Crippen molar-refractivity contribution in [3.05, 3.63) is 30.4 Å².